The molecule has 0 spiro atoms. The Morgan fingerprint density at radius 3 is 2.34 bits per heavy atom. The van der Waals surface area contributed by atoms with Crippen LogP contribution in [-0.2, 0) is 5.75 Å². The van der Waals surface area contributed by atoms with Gasteiger partial charge in [-0.2, -0.15) is 0 Å². The van der Waals surface area contributed by atoms with Gasteiger partial charge in [0.25, 0.3) is 11.8 Å². The highest BCUT2D eigenvalue weighted by Crippen LogP contribution is 2.28. The van der Waals surface area contributed by atoms with Gasteiger partial charge in [-0.3, -0.25) is 9.59 Å². The van der Waals surface area contributed by atoms with Crippen LogP contribution in [-0.4, -0.2) is 57.9 Å². The van der Waals surface area contributed by atoms with Gasteiger partial charge in [0.05, 0.1) is 26.9 Å². The number of aromatic nitrogens is 2. The van der Waals surface area contributed by atoms with Crippen LogP contribution in [0.1, 0.15) is 32.2 Å². The van der Waals surface area contributed by atoms with Crippen LogP contribution in [0.4, 0.5) is 0 Å². The Kier molecular flexibility index (Phi) is 7.03. The molecule has 0 aliphatic carbocycles. The largest absolute Gasteiger partial charge is 0.361 e. The monoisotopic (exact) mass is 490 g/mol. The van der Waals surface area contributed by atoms with Crippen LogP contribution in [0.15, 0.2) is 52.1 Å². The van der Waals surface area contributed by atoms with Crippen molar-refractivity contribution in [2.45, 2.75) is 17.7 Å². The number of nitrogens with zero attached hydrogens (tertiary/aromatic N) is 4. The lowest BCUT2D eigenvalue weighted by Crippen LogP contribution is -2.50. The van der Waals surface area contributed by atoms with Gasteiger partial charge < -0.3 is 14.3 Å². The lowest BCUT2D eigenvalue weighted by atomic mass is 10.1. The maximum absolute atomic E-state index is 13.2. The molecule has 2 aromatic heterocycles. The molecule has 0 radical (unpaired) electrons. The zero-order valence-electron chi connectivity index (χ0n) is 17.3. The minimum atomic E-state index is -0.190. The van der Waals surface area contributed by atoms with E-state index in [1.54, 1.807) is 46.3 Å². The molecule has 1 aliphatic rings. The molecule has 0 unspecified atom stereocenters. The number of carbonyl (C=O) groups excluding carboxylic acids is 2. The van der Waals surface area contributed by atoms with E-state index in [9.17, 15) is 9.59 Å². The summed E-state index contributed by atoms with van der Waals surface area (Å²) in [7, 11) is 0. The summed E-state index contributed by atoms with van der Waals surface area (Å²) >= 11 is 13.7. The summed E-state index contributed by atoms with van der Waals surface area (Å²) in [4.78, 5) is 33.8. The molecule has 2 amide bonds. The zero-order chi connectivity index (χ0) is 22.7. The summed E-state index contributed by atoms with van der Waals surface area (Å²) < 4.78 is 5.09. The van der Waals surface area contributed by atoms with E-state index in [1.165, 1.54) is 11.8 Å². The third kappa shape index (κ3) is 4.92. The highest BCUT2D eigenvalue weighted by Gasteiger charge is 2.28. The van der Waals surface area contributed by atoms with E-state index in [0.29, 0.717) is 53.1 Å². The van der Waals surface area contributed by atoms with Crippen LogP contribution in [0.2, 0.25) is 10.0 Å². The summed E-state index contributed by atoms with van der Waals surface area (Å²) in [6.07, 6.45) is 1.67. The van der Waals surface area contributed by atoms with Gasteiger partial charge in [-0.1, -0.05) is 46.2 Å². The average molecular weight is 491 g/mol. The Labute approximate surface area is 199 Å². The van der Waals surface area contributed by atoms with Gasteiger partial charge in [0.15, 0.2) is 0 Å². The van der Waals surface area contributed by atoms with Crippen molar-refractivity contribution in [3.05, 3.63) is 75.2 Å². The number of rotatable bonds is 5. The number of piperazine rings is 1. The third-order valence-electron chi connectivity index (χ3n) is 5.07. The molecule has 3 aromatic rings. The van der Waals surface area contributed by atoms with Gasteiger partial charge >= 0.3 is 0 Å². The van der Waals surface area contributed by atoms with Crippen molar-refractivity contribution in [1.29, 1.82) is 0 Å². The number of pyridine rings is 1. The molecule has 3 heterocycles. The van der Waals surface area contributed by atoms with E-state index in [2.05, 4.69) is 10.1 Å². The fourth-order valence-electron chi connectivity index (χ4n) is 3.42. The standard InChI is InChI=1S/C22H20Cl2N4O3S/c1-14-12-15(26-31-14)13-32-20-17(5-3-7-25-20)22(30)28-10-8-27(9-11-28)21(29)16-4-2-6-18(23)19(16)24/h2-7,12H,8-11,13H2,1H3. The van der Waals surface area contributed by atoms with E-state index in [1.807, 2.05) is 13.0 Å². The van der Waals surface area contributed by atoms with E-state index < -0.39 is 0 Å². The number of hydrogen-bond donors (Lipinski definition) is 0. The summed E-state index contributed by atoms with van der Waals surface area (Å²) in [6, 6.07) is 10.4. The van der Waals surface area contributed by atoms with Crippen molar-refractivity contribution in [3.8, 4) is 0 Å². The second-order valence-corrected chi connectivity index (χ2v) is 9.01. The third-order valence-corrected chi connectivity index (χ3v) is 6.93. The normalized spacial score (nSPS) is 14.0. The molecule has 1 fully saturated rings. The Hall–Kier alpha value is -2.55. The number of aryl methyl sites for hydroxylation is 1. The van der Waals surface area contributed by atoms with Gasteiger partial charge in [0, 0.05) is 44.2 Å². The van der Waals surface area contributed by atoms with Gasteiger partial charge in [-0.15, -0.1) is 0 Å². The molecule has 7 nitrogen and oxygen atoms in total. The van der Waals surface area contributed by atoms with E-state index in [4.69, 9.17) is 27.7 Å². The van der Waals surface area contributed by atoms with Crippen LogP contribution >= 0.6 is 35.0 Å². The second kappa shape index (κ2) is 9.94. The van der Waals surface area contributed by atoms with E-state index >= 15 is 0 Å². The van der Waals surface area contributed by atoms with Crippen molar-refractivity contribution >= 4 is 46.8 Å². The molecule has 1 aliphatic heterocycles. The quantitative estimate of drug-likeness (QED) is 0.487. The van der Waals surface area contributed by atoms with Crippen LogP contribution in [0.25, 0.3) is 0 Å². The minimum absolute atomic E-state index is 0.107. The van der Waals surface area contributed by atoms with Crippen molar-refractivity contribution < 1.29 is 14.1 Å². The van der Waals surface area contributed by atoms with Crippen molar-refractivity contribution in [2.75, 3.05) is 26.2 Å². The molecule has 0 atom stereocenters. The van der Waals surface area contributed by atoms with Crippen LogP contribution in [0.5, 0.6) is 0 Å². The van der Waals surface area contributed by atoms with Crippen molar-refractivity contribution in [2.24, 2.45) is 0 Å². The van der Waals surface area contributed by atoms with Crippen molar-refractivity contribution in [1.82, 2.24) is 19.9 Å². The molecule has 0 N–H and O–H groups in total. The molecule has 1 saturated heterocycles. The van der Waals surface area contributed by atoms with E-state index in [0.717, 1.165) is 11.5 Å². The number of thioether (sulfide) groups is 1. The number of benzene rings is 1. The molecule has 0 saturated carbocycles. The Morgan fingerprint density at radius 2 is 1.69 bits per heavy atom. The lowest BCUT2D eigenvalue weighted by Gasteiger charge is -2.35. The maximum Gasteiger partial charge on any atom is 0.256 e. The second-order valence-electron chi connectivity index (χ2n) is 7.26. The van der Waals surface area contributed by atoms with Gasteiger partial charge in [-0.25, -0.2) is 4.98 Å². The SMILES string of the molecule is Cc1cc(CSc2ncccc2C(=O)N2CCN(C(=O)c3cccc(Cl)c3Cl)CC2)no1. The zero-order valence-corrected chi connectivity index (χ0v) is 19.6. The number of amides is 2. The maximum atomic E-state index is 13.2. The summed E-state index contributed by atoms with van der Waals surface area (Å²) in [5.41, 5.74) is 1.70. The topological polar surface area (TPSA) is 79.5 Å². The smallest absolute Gasteiger partial charge is 0.256 e. The average Bonchev–Trinajstić information content (AvgIpc) is 3.24. The molecule has 4 rings (SSSR count). The molecular formula is C22H20Cl2N4O3S. The van der Waals surface area contributed by atoms with Gasteiger partial charge in [0.2, 0.25) is 0 Å². The number of halogens is 2. The van der Waals surface area contributed by atoms with Crippen molar-refractivity contribution in [3.63, 3.8) is 0 Å². The van der Waals surface area contributed by atoms with E-state index in [-0.39, 0.29) is 16.8 Å². The first kappa shape index (κ1) is 22.6. The van der Waals surface area contributed by atoms with Crippen LogP contribution in [0, 0.1) is 6.92 Å². The molecule has 10 heteroatoms. The summed E-state index contributed by atoms with van der Waals surface area (Å²) in [5, 5.41) is 5.21. The Morgan fingerprint density at radius 1 is 1.03 bits per heavy atom. The summed E-state index contributed by atoms with van der Waals surface area (Å²) in [5.74, 6) is 0.997. The van der Waals surface area contributed by atoms with Gasteiger partial charge in [-0.05, 0) is 31.2 Å². The highest BCUT2D eigenvalue weighted by atomic mass is 35.5. The van der Waals surface area contributed by atoms with Crippen LogP contribution < -0.4 is 0 Å². The molecule has 1 aromatic carbocycles. The minimum Gasteiger partial charge on any atom is -0.361 e. The number of hydrogen-bond acceptors (Lipinski definition) is 6. The summed E-state index contributed by atoms with van der Waals surface area (Å²) in [6.45, 7) is 3.50. The fourth-order valence-corrected chi connectivity index (χ4v) is 4.67. The fraction of sp³-hybridized carbons (Fsp3) is 0.273. The lowest BCUT2D eigenvalue weighted by molar-refractivity contribution is 0.0533. The first-order chi connectivity index (χ1) is 15.4. The predicted molar refractivity (Wildman–Crippen MR) is 123 cm³/mol. The highest BCUT2D eigenvalue weighted by molar-refractivity contribution is 7.98. The molecule has 166 valence electrons. The number of carbonyl (C=O) groups is 2. The molecule has 0 bridgehead atoms. The van der Waals surface area contributed by atoms with Crippen LogP contribution in [0.3, 0.4) is 0 Å². The molecule has 32 heavy (non-hydrogen) atoms. The Bertz CT molecular complexity index is 1150. The Balaban J connectivity index is 1.40. The first-order valence-corrected chi connectivity index (χ1v) is 11.7. The first-order valence-electron chi connectivity index (χ1n) is 9.96. The van der Waals surface area contributed by atoms with Gasteiger partial charge in [0.1, 0.15) is 10.8 Å². The molecular weight excluding hydrogens is 471 g/mol. The predicted octanol–water partition coefficient (Wildman–Crippen LogP) is 4.58.